The number of aryl methyl sites for hydroxylation is 1. The molecule has 27 heavy (non-hydrogen) atoms. The molecule has 7 nitrogen and oxygen atoms in total. The summed E-state index contributed by atoms with van der Waals surface area (Å²) in [6.45, 7) is 4.15. The fraction of sp³-hybridized carbons (Fsp3) is 0.250. The molecule has 2 aromatic rings. The van der Waals surface area contributed by atoms with Gasteiger partial charge in [0.1, 0.15) is 0 Å². The summed E-state index contributed by atoms with van der Waals surface area (Å²) in [5.41, 5.74) is 7.86. The monoisotopic (exact) mass is 369 g/mol. The summed E-state index contributed by atoms with van der Waals surface area (Å²) >= 11 is 0. The average molecular weight is 369 g/mol. The lowest BCUT2D eigenvalue weighted by molar-refractivity contribution is -0.132. The molecule has 0 spiro atoms. The highest BCUT2D eigenvalue weighted by Crippen LogP contribution is 2.20. The van der Waals surface area contributed by atoms with Crippen LogP contribution < -0.4 is 16.4 Å². The molecule has 0 heterocycles. The highest BCUT2D eigenvalue weighted by molar-refractivity contribution is 6.44. The van der Waals surface area contributed by atoms with E-state index in [1.807, 2.05) is 13.8 Å². The molecule has 0 saturated heterocycles. The number of carbonyl (C=O) groups is 3. The van der Waals surface area contributed by atoms with E-state index in [2.05, 4.69) is 10.6 Å². The first kappa shape index (κ1) is 20.0. The van der Waals surface area contributed by atoms with Crippen molar-refractivity contribution in [3.05, 3.63) is 53.6 Å². The van der Waals surface area contributed by atoms with E-state index < -0.39 is 17.8 Å². The van der Waals surface area contributed by atoms with Crippen LogP contribution in [0.25, 0.3) is 0 Å². The molecular weight excluding hydrogens is 346 g/mol. The van der Waals surface area contributed by atoms with Gasteiger partial charge in [-0.05, 0) is 43.2 Å². The molecule has 7 heteroatoms. The van der Waals surface area contributed by atoms with Gasteiger partial charge in [0.2, 0.25) is 0 Å². The molecule has 2 aromatic carbocycles. The van der Waals surface area contributed by atoms with Crippen LogP contribution in [0.1, 0.15) is 35.7 Å². The fourth-order valence-corrected chi connectivity index (χ4v) is 2.31. The topological polar surface area (TPSA) is 111 Å². The third-order valence-corrected chi connectivity index (χ3v) is 3.79. The van der Waals surface area contributed by atoms with Crippen molar-refractivity contribution in [2.24, 2.45) is 0 Å². The van der Waals surface area contributed by atoms with Gasteiger partial charge in [-0.2, -0.15) is 0 Å². The number of carbonyl (C=O) groups excluding carboxylic acids is 3. The van der Waals surface area contributed by atoms with Crippen LogP contribution in [0.3, 0.4) is 0 Å². The lowest BCUT2D eigenvalue weighted by Crippen LogP contribution is -2.30. The second-order valence-corrected chi connectivity index (χ2v) is 6.03. The highest BCUT2D eigenvalue weighted by atomic mass is 16.5. The third kappa shape index (κ3) is 5.57. The lowest BCUT2D eigenvalue weighted by atomic mass is 10.1. The first-order valence-corrected chi connectivity index (χ1v) is 8.67. The van der Waals surface area contributed by atoms with Crippen molar-refractivity contribution < 1.29 is 19.1 Å². The maximum absolute atomic E-state index is 12.2. The SMILES string of the molecule is CCCCOC(=O)c1ccccc1NC(=O)C(=O)Nc1ccc(C)cc1N. The fourth-order valence-electron chi connectivity index (χ4n) is 2.31. The molecule has 0 aliphatic heterocycles. The van der Waals surface area contributed by atoms with Gasteiger partial charge < -0.3 is 21.1 Å². The normalized spacial score (nSPS) is 10.1. The van der Waals surface area contributed by atoms with E-state index in [-0.39, 0.29) is 11.3 Å². The number of nitrogen functional groups attached to an aromatic ring is 1. The summed E-state index contributed by atoms with van der Waals surface area (Å²) in [6.07, 6.45) is 1.65. The average Bonchev–Trinajstić information content (AvgIpc) is 2.64. The van der Waals surface area contributed by atoms with E-state index in [0.29, 0.717) is 18.0 Å². The molecule has 0 atom stereocenters. The third-order valence-electron chi connectivity index (χ3n) is 3.79. The first-order chi connectivity index (χ1) is 12.9. The molecule has 0 aliphatic carbocycles. The summed E-state index contributed by atoms with van der Waals surface area (Å²) in [5, 5.41) is 4.90. The van der Waals surface area contributed by atoms with Crippen LogP contribution in [0.5, 0.6) is 0 Å². The molecule has 0 aliphatic rings. The van der Waals surface area contributed by atoms with Gasteiger partial charge in [-0.3, -0.25) is 9.59 Å². The Balaban J connectivity index is 2.06. The summed E-state index contributed by atoms with van der Waals surface area (Å²) < 4.78 is 5.17. The minimum absolute atomic E-state index is 0.185. The smallest absolute Gasteiger partial charge is 0.340 e. The number of nitrogens with two attached hydrogens (primary N) is 1. The summed E-state index contributed by atoms with van der Waals surface area (Å²) in [7, 11) is 0. The van der Waals surface area contributed by atoms with Crippen LogP contribution in [0, 0.1) is 6.92 Å². The van der Waals surface area contributed by atoms with Crippen molar-refractivity contribution in [3.8, 4) is 0 Å². The maximum Gasteiger partial charge on any atom is 0.340 e. The van der Waals surface area contributed by atoms with Crippen LogP contribution in [0.2, 0.25) is 0 Å². The minimum atomic E-state index is -0.913. The Labute approximate surface area is 157 Å². The molecule has 0 bridgehead atoms. The Bertz CT molecular complexity index is 849. The van der Waals surface area contributed by atoms with Crippen LogP contribution in [0.4, 0.5) is 17.1 Å². The number of nitrogens with one attached hydrogen (secondary N) is 2. The van der Waals surface area contributed by atoms with Gasteiger partial charge in [-0.25, -0.2) is 4.79 Å². The molecule has 0 unspecified atom stereocenters. The molecule has 0 fully saturated rings. The van der Waals surface area contributed by atoms with Crippen LogP contribution in [-0.2, 0) is 14.3 Å². The number of amides is 2. The zero-order chi connectivity index (χ0) is 19.8. The Kier molecular flexibility index (Phi) is 6.93. The number of esters is 1. The first-order valence-electron chi connectivity index (χ1n) is 8.67. The van der Waals surface area contributed by atoms with E-state index in [4.69, 9.17) is 10.5 Å². The number of ether oxygens (including phenoxy) is 1. The lowest BCUT2D eigenvalue weighted by Gasteiger charge is -2.12. The quantitative estimate of drug-likeness (QED) is 0.314. The summed E-state index contributed by atoms with van der Waals surface area (Å²) in [5.74, 6) is -2.36. The summed E-state index contributed by atoms with van der Waals surface area (Å²) in [4.78, 5) is 36.5. The number of anilines is 3. The van der Waals surface area contributed by atoms with E-state index >= 15 is 0 Å². The zero-order valence-corrected chi connectivity index (χ0v) is 15.4. The van der Waals surface area contributed by atoms with Crippen LogP contribution in [0.15, 0.2) is 42.5 Å². The van der Waals surface area contributed by atoms with Gasteiger partial charge in [0.15, 0.2) is 0 Å². The molecule has 0 saturated carbocycles. The molecular formula is C20H23N3O4. The number of hydrogen-bond acceptors (Lipinski definition) is 5. The zero-order valence-electron chi connectivity index (χ0n) is 15.4. The van der Waals surface area contributed by atoms with Crippen molar-refractivity contribution in [2.75, 3.05) is 23.0 Å². The Morgan fingerprint density at radius 1 is 1.00 bits per heavy atom. The van der Waals surface area contributed by atoms with Crippen molar-refractivity contribution in [3.63, 3.8) is 0 Å². The second kappa shape index (κ2) is 9.38. The molecule has 4 N–H and O–H groups in total. The standard InChI is InChI=1S/C20H23N3O4/c1-3-4-11-27-20(26)14-7-5-6-8-16(14)22-18(24)19(25)23-17-10-9-13(2)12-15(17)21/h5-10,12H,3-4,11,21H2,1-2H3,(H,22,24)(H,23,25). The van der Waals surface area contributed by atoms with Crippen molar-refractivity contribution >= 4 is 34.8 Å². The van der Waals surface area contributed by atoms with Gasteiger partial charge in [0.05, 0.1) is 29.2 Å². The number of benzene rings is 2. The van der Waals surface area contributed by atoms with Crippen molar-refractivity contribution in [2.45, 2.75) is 26.7 Å². The van der Waals surface area contributed by atoms with Gasteiger partial charge in [-0.1, -0.05) is 31.5 Å². The maximum atomic E-state index is 12.2. The Hall–Kier alpha value is -3.35. The van der Waals surface area contributed by atoms with Gasteiger partial charge in [0, 0.05) is 0 Å². The van der Waals surface area contributed by atoms with Crippen LogP contribution >= 0.6 is 0 Å². The number of unbranched alkanes of at least 4 members (excludes halogenated alkanes) is 1. The van der Waals surface area contributed by atoms with Gasteiger partial charge in [-0.15, -0.1) is 0 Å². The largest absolute Gasteiger partial charge is 0.462 e. The van der Waals surface area contributed by atoms with Crippen molar-refractivity contribution in [1.29, 1.82) is 0 Å². The van der Waals surface area contributed by atoms with E-state index in [1.165, 1.54) is 12.1 Å². The molecule has 142 valence electrons. The van der Waals surface area contributed by atoms with E-state index in [1.54, 1.807) is 30.3 Å². The Morgan fingerprint density at radius 3 is 2.33 bits per heavy atom. The molecule has 0 aromatic heterocycles. The van der Waals surface area contributed by atoms with Crippen molar-refractivity contribution in [1.82, 2.24) is 0 Å². The molecule has 2 amide bonds. The number of para-hydroxylation sites is 1. The van der Waals surface area contributed by atoms with Gasteiger partial charge >= 0.3 is 17.8 Å². The summed E-state index contributed by atoms with van der Waals surface area (Å²) in [6, 6.07) is 11.4. The molecule has 2 rings (SSSR count). The predicted octanol–water partition coefficient (Wildman–Crippen LogP) is 3.11. The second-order valence-electron chi connectivity index (χ2n) is 6.03. The predicted molar refractivity (Wildman–Crippen MR) is 104 cm³/mol. The Morgan fingerprint density at radius 2 is 1.67 bits per heavy atom. The molecule has 0 radical (unpaired) electrons. The van der Waals surface area contributed by atoms with E-state index in [9.17, 15) is 14.4 Å². The van der Waals surface area contributed by atoms with E-state index in [0.717, 1.165) is 18.4 Å². The minimum Gasteiger partial charge on any atom is -0.462 e. The highest BCUT2D eigenvalue weighted by Gasteiger charge is 2.19. The van der Waals surface area contributed by atoms with Gasteiger partial charge in [0.25, 0.3) is 0 Å². The number of hydrogen-bond donors (Lipinski definition) is 3. The number of rotatable bonds is 6. The van der Waals surface area contributed by atoms with Crippen LogP contribution in [-0.4, -0.2) is 24.4 Å².